The zero-order valence-corrected chi connectivity index (χ0v) is 8.58. The molecule has 0 aliphatic rings. The SMILES string of the molecule is CC#C/C=C/S(=O)(=O)c1ccccc1. The van der Waals surface area contributed by atoms with Crippen LogP contribution in [0.5, 0.6) is 0 Å². The van der Waals surface area contributed by atoms with Gasteiger partial charge in [0.2, 0.25) is 0 Å². The van der Waals surface area contributed by atoms with Crippen LogP contribution in [0.1, 0.15) is 6.92 Å². The van der Waals surface area contributed by atoms with Crippen LogP contribution in [0, 0.1) is 11.8 Å². The van der Waals surface area contributed by atoms with Crippen molar-refractivity contribution in [1.29, 1.82) is 0 Å². The Kier molecular flexibility index (Phi) is 3.49. The largest absolute Gasteiger partial charge is 0.219 e. The normalized spacial score (nSPS) is 10.9. The van der Waals surface area contributed by atoms with Gasteiger partial charge < -0.3 is 0 Å². The fourth-order valence-electron chi connectivity index (χ4n) is 0.896. The Morgan fingerprint density at radius 3 is 2.43 bits per heavy atom. The highest BCUT2D eigenvalue weighted by Gasteiger charge is 2.07. The molecule has 0 amide bonds. The summed E-state index contributed by atoms with van der Waals surface area (Å²) >= 11 is 0. The maximum absolute atomic E-state index is 11.6. The first-order chi connectivity index (χ1) is 6.67. The van der Waals surface area contributed by atoms with Crippen molar-refractivity contribution in [2.45, 2.75) is 11.8 Å². The lowest BCUT2D eigenvalue weighted by Gasteiger charge is -1.95. The van der Waals surface area contributed by atoms with Gasteiger partial charge in [-0.05, 0) is 25.1 Å². The van der Waals surface area contributed by atoms with Gasteiger partial charge in [0.05, 0.1) is 4.90 Å². The topological polar surface area (TPSA) is 34.1 Å². The van der Waals surface area contributed by atoms with Crippen molar-refractivity contribution in [2.24, 2.45) is 0 Å². The fourth-order valence-corrected chi connectivity index (χ4v) is 1.84. The van der Waals surface area contributed by atoms with Crippen LogP contribution >= 0.6 is 0 Å². The van der Waals surface area contributed by atoms with Crippen LogP contribution in [-0.2, 0) is 9.84 Å². The Morgan fingerprint density at radius 1 is 1.21 bits per heavy atom. The maximum atomic E-state index is 11.6. The van der Waals surface area contributed by atoms with Gasteiger partial charge in [-0.15, -0.1) is 5.92 Å². The molecule has 14 heavy (non-hydrogen) atoms. The summed E-state index contributed by atoms with van der Waals surface area (Å²) in [6.07, 6.45) is 1.34. The molecule has 0 aromatic heterocycles. The Morgan fingerprint density at radius 2 is 1.86 bits per heavy atom. The molecule has 0 radical (unpaired) electrons. The molecule has 3 heteroatoms. The molecule has 0 atom stereocenters. The molecular formula is C11H10O2S. The van der Waals surface area contributed by atoms with E-state index in [1.807, 2.05) is 0 Å². The van der Waals surface area contributed by atoms with Crippen LogP contribution in [0.25, 0.3) is 0 Å². The van der Waals surface area contributed by atoms with Crippen LogP contribution in [0.15, 0.2) is 46.7 Å². The monoisotopic (exact) mass is 206 g/mol. The highest BCUT2D eigenvalue weighted by atomic mass is 32.2. The van der Waals surface area contributed by atoms with Gasteiger partial charge in [-0.1, -0.05) is 24.1 Å². The second kappa shape index (κ2) is 4.64. The highest BCUT2D eigenvalue weighted by molar-refractivity contribution is 7.94. The number of allylic oxidation sites excluding steroid dienone is 1. The van der Waals surface area contributed by atoms with Gasteiger partial charge in [-0.3, -0.25) is 0 Å². The maximum Gasteiger partial charge on any atom is 0.200 e. The van der Waals surface area contributed by atoms with Gasteiger partial charge in [0.15, 0.2) is 9.84 Å². The molecule has 72 valence electrons. The van der Waals surface area contributed by atoms with E-state index in [0.717, 1.165) is 5.41 Å². The third-order valence-corrected chi connectivity index (χ3v) is 2.97. The van der Waals surface area contributed by atoms with E-state index < -0.39 is 9.84 Å². The Hall–Kier alpha value is -1.53. The van der Waals surface area contributed by atoms with Crippen molar-refractivity contribution in [2.75, 3.05) is 0 Å². The molecule has 0 N–H and O–H groups in total. The molecule has 2 nitrogen and oxygen atoms in total. The van der Waals surface area contributed by atoms with Crippen LogP contribution < -0.4 is 0 Å². The van der Waals surface area contributed by atoms with Crippen molar-refractivity contribution in [3.05, 3.63) is 41.8 Å². The van der Waals surface area contributed by atoms with E-state index in [9.17, 15) is 8.42 Å². The number of rotatable bonds is 2. The zero-order chi connectivity index (χ0) is 10.4. The first kappa shape index (κ1) is 10.6. The van der Waals surface area contributed by atoms with E-state index in [-0.39, 0.29) is 4.90 Å². The van der Waals surface area contributed by atoms with Crippen molar-refractivity contribution in [3.8, 4) is 11.8 Å². The highest BCUT2D eigenvalue weighted by Crippen LogP contribution is 2.10. The average Bonchev–Trinajstić information content (AvgIpc) is 2.19. The molecule has 0 unspecified atom stereocenters. The molecule has 0 aliphatic carbocycles. The smallest absolute Gasteiger partial charge is 0.200 e. The molecule has 0 saturated carbocycles. The van der Waals surface area contributed by atoms with Crippen LogP contribution in [0.3, 0.4) is 0 Å². The van der Waals surface area contributed by atoms with Gasteiger partial charge in [0, 0.05) is 5.41 Å². The standard InChI is InChI=1S/C11H10O2S/c1-2-3-7-10-14(12,13)11-8-5-4-6-9-11/h4-10H,1H3/b10-7+. The predicted molar refractivity (Wildman–Crippen MR) is 56.2 cm³/mol. The lowest BCUT2D eigenvalue weighted by Crippen LogP contribution is -1.94. The van der Waals surface area contributed by atoms with E-state index >= 15 is 0 Å². The first-order valence-electron chi connectivity index (χ1n) is 4.06. The Labute approximate surface area is 84.2 Å². The first-order valence-corrected chi connectivity index (χ1v) is 5.60. The van der Waals surface area contributed by atoms with Gasteiger partial charge >= 0.3 is 0 Å². The van der Waals surface area contributed by atoms with Gasteiger partial charge in [0.1, 0.15) is 0 Å². The average molecular weight is 206 g/mol. The molecule has 0 heterocycles. The molecule has 0 fully saturated rings. The fraction of sp³-hybridized carbons (Fsp3) is 0.0909. The molecule has 0 spiro atoms. The van der Waals surface area contributed by atoms with Gasteiger partial charge in [-0.25, -0.2) is 8.42 Å². The second-order valence-corrected chi connectivity index (χ2v) is 4.39. The molecule has 1 aromatic rings. The molecular weight excluding hydrogens is 196 g/mol. The second-order valence-electron chi connectivity index (χ2n) is 2.56. The minimum atomic E-state index is -3.32. The number of hydrogen-bond acceptors (Lipinski definition) is 2. The minimum Gasteiger partial charge on any atom is -0.219 e. The van der Waals surface area contributed by atoms with Crippen molar-refractivity contribution in [3.63, 3.8) is 0 Å². The third-order valence-electron chi connectivity index (χ3n) is 1.55. The van der Waals surface area contributed by atoms with E-state index in [2.05, 4.69) is 11.8 Å². The summed E-state index contributed by atoms with van der Waals surface area (Å²) in [4.78, 5) is 0.286. The zero-order valence-electron chi connectivity index (χ0n) is 7.77. The summed E-state index contributed by atoms with van der Waals surface area (Å²) in [6, 6.07) is 8.26. The number of hydrogen-bond donors (Lipinski definition) is 0. The summed E-state index contributed by atoms with van der Waals surface area (Å²) < 4.78 is 23.1. The summed E-state index contributed by atoms with van der Waals surface area (Å²) in [5.74, 6) is 5.15. The van der Waals surface area contributed by atoms with Crippen molar-refractivity contribution >= 4 is 9.84 Å². The molecule has 0 saturated heterocycles. The predicted octanol–water partition coefficient (Wildman–Crippen LogP) is 2.00. The third kappa shape index (κ3) is 2.75. The minimum absolute atomic E-state index is 0.286. The number of sulfone groups is 1. The lowest BCUT2D eigenvalue weighted by atomic mass is 10.4. The van der Waals surface area contributed by atoms with Gasteiger partial charge in [-0.2, -0.15) is 0 Å². The Balaban J connectivity index is 3.02. The molecule has 1 rings (SSSR count). The molecule has 0 aliphatic heterocycles. The molecule has 1 aromatic carbocycles. The van der Waals surface area contributed by atoms with Crippen molar-refractivity contribution < 1.29 is 8.42 Å². The summed E-state index contributed by atoms with van der Waals surface area (Å²) in [6.45, 7) is 1.65. The molecule has 0 bridgehead atoms. The van der Waals surface area contributed by atoms with Crippen molar-refractivity contribution in [1.82, 2.24) is 0 Å². The summed E-state index contributed by atoms with van der Waals surface area (Å²) in [7, 11) is -3.32. The van der Waals surface area contributed by atoms with Crippen LogP contribution in [0.4, 0.5) is 0 Å². The summed E-state index contributed by atoms with van der Waals surface area (Å²) in [5, 5.41) is 1.11. The van der Waals surface area contributed by atoms with Crippen LogP contribution in [0.2, 0.25) is 0 Å². The summed E-state index contributed by atoms with van der Waals surface area (Å²) in [5.41, 5.74) is 0. The number of benzene rings is 1. The quantitative estimate of drug-likeness (QED) is 0.693. The lowest BCUT2D eigenvalue weighted by molar-refractivity contribution is 0.604. The van der Waals surface area contributed by atoms with E-state index in [0.29, 0.717) is 0 Å². The van der Waals surface area contributed by atoms with E-state index in [1.165, 1.54) is 6.08 Å². The Bertz CT molecular complexity index is 473. The van der Waals surface area contributed by atoms with E-state index in [1.54, 1.807) is 37.3 Å². The van der Waals surface area contributed by atoms with E-state index in [4.69, 9.17) is 0 Å². The van der Waals surface area contributed by atoms with Crippen LogP contribution in [-0.4, -0.2) is 8.42 Å². The van der Waals surface area contributed by atoms with Gasteiger partial charge in [0.25, 0.3) is 0 Å².